The first-order valence-corrected chi connectivity index (χ1v) is 4.50. The Hall–Kier alpha value is -1.52. The smallest absolute Gasteiger partial charge is 0.407 e. The van der Waals surface area contributed by atoms with E-state index in [0.717, 1.165) is 12.8 Å². The van der Waals surface area contributed by atoms with Crippen molar-refractivity contribution in [2.24, 2.45) is 5.73 Å². The van der Waals surface area contributed by atoms with Crippen LogP contribution in [0.25, 0.3) is 0 Å². The van der Waals surface area contributed by atoms with E-state index < -0.39 is 12.0 Å². The summed E-state index contributed by atoms with van der Waals surface area (Å²) < 4.78 is 4.46. The fraction of sp³-hybridized carbons (Fsp3) is 0.556. The van der Waals surface area contributed by atoms with Crippen LogP contribution in [0, 0.1) is 0 Å². The molecule has 0 fully saturated rings. The van der Waals surface area contributed by atoms with Crippen LogP contribution in [0.15, 0.2) is 12.2 Å². The molecule has 0 aliphatic heterocycles. The van der Waals surface area contributed by atoms with Gasteiger partial charge in [0.15, 0.2) is 6.61 Å². The normalized spacial score (nSPS) is 10.1. The van der Waals surface area contributed by atoms with Crippen molar-refractivity contribution in [2.75, 3.05) is 13.2 Å². The van der Waals surface area contributed by atoms with E-state index in [4.69, 9.17) is 5.73 Å². The van der Waals surface area contributed by atoms with E-state index in [1.807, 2.05) is 19.1 Å². The third-order valence-electron chi connectivity index (χ3n) is 1.33. The maximum Gasteiger partial charge on any atom is 0.407 e. The molecule has 0 aliphatic carbocycles. The Labute approximate surface area is 83.3 Å². The molecular formula is C9H16N2O3. The lowest BCUT2D eigenvalue weighted by molar-refractivity contribution is -0.120. The highest BCUT2D eigenvalue weighted by molar-refractivity contribution is 5.78. The number of amides is 2. The van der Waals surface area contributed by atoms with E-state index >= 15 is 0 Å². The number of nitrogens with one attached hydrogen (secondary N) is 1. The molecule has 0 aromatic rings. The van der Waals surface area contributed by atoms with Gasteiger partial charge in [-0.2, -0.15) is 0 Å². The number of alkyl carbamates (subject to hydrolysis) is 1. The average molecular weight is 200 g/mol. The monoisotopic (exact) mass is 200 g/mol. The zero-order valence-corrected chi connectivity index (χ0v) is 8.29. The van der Waals surface area contributed by atoms with Crippen molar-refractivity contribution in [1.29, 1.82) is 0 Å². The van der Waals surface area contributed by atoms with E-state index in [2.05, 4.69) is 10.1 Å². The number of ether oxygens (including phenoxy) is 1. The largest absolute Gasteiger partial charge is 0.439 e. The second-order valence-corrected chi connectivity index (χ2v) is 2.64. The molecule has 0 aromatic carbocycles. The fourth-order valence-corrected chi connectivity index (χ4v) is 0.730. The molecule has 0 unspecified atom stereocenters. The molecule has 0 radical (unpaired) electrons. The van der Waals surface area contributed by atoms with Gasteiger partial charge in [0.1, 0.15) is 0 Å². The molecule has 0 saturated carbocycles. The predicted molar refractivity (Wildman–Crippen MR) is 52.6 cm³/mol. The van der Waals surface area contributed by atoms with Crippen LogP contribution < -0.4 is 11.1 Å². The van der Waals surface area contributed by atoms with Crippen LogP contribution in [0.4, 0.5) is 4.79 Å². The number of hydrogen-bond donors (Lipinski definition) is 2. The van der Waals surface area contributed by atoms with Crippen molar-refractivity contribution in [3.8, 4) is 0 Å². The summed E-state index contributed by atoms with van der Waals surface area (Å²) in [6.45, 7) is 2.15. The molecule has 0 bridgehead atoms. The second-order valence-electron chi connectivity index (χ2n) is 2.64. The van der Waals surface area contributed by atoms with Crippen LogP contribution in [0.1, 0.15) is 19.8 Å². The van der Waals surface area contributed by atoms with Gasteiger partial charge in [-0.3, -0.25) is 4.79 Å². The summed E-state index contributed by atoms with van der Waals surface area (Å²) in [5, 5.41) is 2.48. The molecular weight excluding hydrogens is 184 g/mol. The van der Waals surface area contributed by atoms with Crippen LogP contribution in [0.5, 0.6) is 0 Å². The molecule has 0 atom stereocenters. The molecule has 80 valence electrons. The highest BCUT2D eigenvalue weighted by atomic mass is 16.6. The molecule has 5 heteroatoms. The lowest BCUT2D eigenvalue weighted by Crippen LogP contribution is -2.29. The summed E-state index contributed by atoms with van der Waals surface area (Å²) >= 11 is 0. The van der Waals surface area contributed by atoms with Gasteiger partial charge in [-0.1, -0.05) is 19.1 Å². The van der Waals surface area contributed by atoms with Gasteiger partial charge in [-0.15, -0.1) is 0 Å². The van der Waals surface area contributed by atoms with Gasteiger partial charge in [0.2, 0.25) is 0 Å². The average Bonchev–Trinajstić information content (AvgIpc) is 2.14. The Morgan fingerprint density at radius 3 is 2.71 bits per heavy atom. The minimum Gasteiger partial charge on any atom is -0.439 e. The van der Waals surface area contributed by atoms with Crippen molar-refractivity contribution in [2.45, 2.75) is 19.8 Å². The predicted octanol–water partition coefficient (Wildman–Crippen LogP) is 0.554. The summed E-state index contributed by atoms with van der Waals surface area (Å²) in [5.74, 6) is -0.661. The van der Waals surface area contributed by atoms with Gasteiger partial charge < -0.3 is 15.8 Å². The number of rotatable bonds is 6. The van der Waals surface area contributed by atoms with Crippen molar-refractivity contribution in [1.82, 2.24) is 5.32 Å². The second kappa shape index (κ2) is 8.10. The van der Waals surface area contributed by atoms with Crippen molar-refractivity contribution < 1.29 is 14.3 Å². The lowest BCUT2D eigenvalue weighted by atomic mass is 10.3. The van der Waals surface area contributed by atoms with Crippen LogP contribution in [0.2, 0.25) is 0 Å². The van der Waals surface area contributed by atoms with Crippen molar-refractivity contribution >= 4 is 12.0 Å². The van der Waals surface area contributed by atoms with Gasteiger partial charge in [-0.05, 0) is 12.8 Å². The zero-order valence-electron chi connectivity index (χ0n) is 8.29. The highest BCUT2D eigenvalue weighted by Gasteiger charge is 2.01. The molecule has 2 amide bonds. The SMILES string of the molecule is CCC=CCCNC(=O)OCC(N)=O. The number of primary amides is 1. The Balaban J connectivity index is 3.35. The molecule has 5 nitrogen and oxygen atoms in total. The fourth-order valence-electron chi connectivity index (χ4n) is 0.730. The third-order valence-corrected chi connectivity index (χ3v) is 1.33. The van der Waals surface area contributed by atoms with Crippen LogP contribution in [-0.4, -0.2) is 25.2 Å². The van der Waals surface area contributed by atoms with Gasteiger partial charge in [0.05, 0.1) is 0 Å². The van der Waals surface area contributed by atoms with Crippen LogP contribution in [-0.2, 0) is 9.53 Å². The molecule has 3 N–H and O–H groups in total. The first kappa shape index (κ1) is 12.5. The molecule has 0 aliphatic rings. The zero-order chi connectivity index (χ0) is 10.8. The first-order chi connectivity index (χ1) is 6.66. The number of carbonyl (C=O) groups is 2. The Morgan fingerprint density at radius 1 is 1.43 bits per heavy atom. The van der Waals surface area contributed by atoms with Crippen LogP contribution in [0.3, 0.4) is 0 Å². The standard InChI is InChI=1S/C9H16N2O3/c1-2-3-4-5-6-11-9(13)14-7-8(10)12/h3-4H,2,5-7H2,1H3,(H2,10,12)(H,11,13). The summed E-state index contributed by atoms with van der Waals surface area (Å²) in [6.07, 6.45) is 5.09. The van der Waals surface area contributed by atoms with Crippen molar-refractivity contribution in [3.05, 3.63) is 12.2 Å². The number of allylic oxidation sites excluding steroid dienone is 1. The van der Waals surface area contributed by atoms with Gasteiger partial charge in [0, 0.05) is 6.54 Å². The first-order valence-electron chi connectivity index (χ1n) is 4.50. The van der Waals surface area contributed by atoms with Crippen LogP contribution >= 0.6 is 0 Å². The summed E-state index contributed by atoms with van der Waals surface area (Å²) in [6, 6.07) is 0. The topological polar surface area (TPSA) is 81.4 Å². The number of nitrogens with two attached hydrogens (primary N) is 1. The molecule has 0 heterocycles. The van der Waals surface area contributed by atoms with E-state index in [1.54, 1.807) is 0 Å². The van der Waals surface area contributed by atoms with Gasteiger partial charge in [-0.25, -0.2) is 4.79 Å². The minimum absolute atomic E-state index is 0.378. The summed E-state index contributed by atoms with van der Waals surface area (Å²) in [7, 11) is 0. The number of hydrogen-bond acceptors (Lipinski definition) is 3. The quantitative estimate of drug-likeness (QED) is 0.485. The minimum atomic E-state index is -0.661. The van der Waals surface area contributed by atoms with E-state index in [-0.39, 0.29) is 6.61 Å². The Bertz CT molecular complexity index is 214. The maximum atomic E-state index is 10.8. The van der Waals surface area contributed by atoms with E-state index in [0.29, 0.717) is 6.54 Å². The molecule has 0 spiro atoms. The van der Waals surface area contributed by atoms with E-state index in [9.17, 15) is 9.59 Å². The number of carbonyl (C=O) groups excluding carboxylic acids is 2. The Morgan fingerprint density at radius 2 is 2.14 bits per heavy atom. The Kier molecular flexibility index (Phi) is 7.22. The highest BCUT2D eigenvalue weighted by Crippen LogP contribution is 1.85. The third kappa shape index (κ3) is 8.58. The summed E-state index contributed by atoms with van der Waals surface area (Å²) in [5.41, 5.74) is 4.78. The molecule has 0 rings (SSSR count). The maximum absolute atomic E-state index is 10.8. The molecule has 0 aromatic heterocycles. The lowest BCUT2D eigenvalue weighted by Gasteiger charge is -2.03. The van der Waals surface area contributed by atoms with Gasteiger partial charge in [0.25, 0.3) is 5.91 Å². The van der Waals surface area contributed by atoms with E-state index in [1.165, 1.54) is 0 Å². The molecule has 14 heavy (non-hydrogen) atoms. The summed E-state index contributed by atoms with van der Waals surface area (Å²) in [4.78, 5) is 21.0. The van der Waals surface area contributed by atoms with Gasteiger partial charge >= 0.3 is 6.09 Å². The van der Waals surface area contributed by atoms with Crippen molar-refractivity contribution in [3.63, 3.8) is 0 Å². The molecule has 0 saturated heterocycles.